The van der Waals surface area contributed by atoms with Gasteiger partial charge in [-0.2, -0.15) is 0 Å². The van der Waals surface area contributed by atoms with E-state index < -0.39 is 0 Å². The molecule has 0 unspecified atom stereocenters. The first-order valence-electron chi connectivity index (χ1n) is 9.30. The Morgan fingerprint density at radius 1 is 1.11 bits per heavy atom. The molecule has 0 bridgehead atoms. The van der Waals surface area contributed by atoms with Crippen molar-refractivity contribution in [1.29, 1.82) is 0 Å². The molecule has 1 aromatic carbocycles. The van der Waals surface area contributed by atoms with Crippen molar-refractivity contribution < 1.29 is 4.79 Å². The van der Waals surface area contributed by atoms with Gasteiger partial charge >= 0.3 is 0 Å². The van der Waals surface area contributed by atoms with Crippen LogP contribution in [0.5, 0.6) is 0 Å². The summed E-state index contributed by atoms with van der Waals surface area (Å²) in [6, 6.07) is 14.6. The number of carbonyl (C=O) groups excluding carboxylic acids is 1. The molecule has 0 radical (unpaired) electrons. The zero-order valence-corrected chi connectivity index (χ0v) is 15.4. The number of piperidine rings is 1. The summed E-state index contributed by atoms with van der Waals surface area (Å²) in [6.07, 6.45) is 6.67. The summed E-state index contributed by atoms with van der Waals surface area (Å²) in [7, 11) is 0. The monoisotopic (exact) mass is 358 g/mol. The number of hydrogen-bond acceptors (Lipinski definition) is 4. The van der Waals surface area contributed by atoms with Gasteiger partial charge in [-0.1, -0.05) is 30.3 Å². The van der Waals surface area contributed by atoms with Gasteiger partial charge in [0.1, 0.15) is 5.69 Å². The van der Waals surface area contributed by atoms with Gasteiger partial charge in [-0.25, -0.2) is 4.98 Å². The van der Waals surface area contributed by atoms with E-state index in [0.29, 0.717) is 12.2 Å². The van der Waals surface area contributed by atoms with Crippen molar-refractivity contribution in [2.75, 3.05) is 13.1 Å². The van der Waals surface area contributed by atoms with Crippen molar-refractivity contribution in [3.63, 3.8) is 0 Å². The summed E-state index contributed by atoms with van der Waals surface area (Å²) in [5.74, 6) is 0.186. The fourth-order valence-corrected chi connectivity index (χ4v) is 3.68. The molecule has 0 saturated carbocycles. The zero-order valence-electron chi connectivity index (χ0n) is 15.4. The normalized spacial score (nSPS) is 16.9. The minimum absolute atomic E-state index is 0.0521. The first kappa shape index (κ1) is 17.3. The van der Waals surface area contributed by atoms with E-state index in [-0.39, 0.29) is 11.8 Å². The number of amides is 1. The molecule has 27 heavy (non-hydrogen) atoms. The lowest BCUT2D eigenvalue weighted by molar-refractivity contribution is 0.0699. The van der Waals surface area contributed by atoms with Crippen LogP contribution >= 0.6 is 0 Å². The molecular formula is C22H22N4O. The van der Waals surface area contributed by atoms with Crippen molar-refractivity contribution in [3.05, 3.63) is 78.1 Å². The number of nitrogens with zero attached hydrogens (tertiary/aromatic N) is 4. The third-order valence-electron chi connectivity index (χ3n) is 4.99. The summed E-state index contributed by atoms with van der Waals surface area (Å²) in [6.45, 7) is 3.45. The smallest absolute Gasteiger partial charge is 0.274 e. The Bertz CT molecular complexity index is 928. The molecule has 4 rings (SSSR count). The Hall–Kier alpha value is -3.08. The molecule has 1 saturated heterocycles. The third-order valence-corrected chi connectivity index (χ3v) is 4.99. The first-order valence-corrected chi connectivity index (χ1v) is 9.30. The summed E-state index contributed by atoms with van der Waals surface area (Å²) >= 11 is 0. The lowest BCUT2D eigenvalue weighted by Crippen LogP contribution is -2.39. The highest BCUT2D eigenvalue weighted by Gasteiger charge is 2.27. The molecule has 0 spiro atoms. The van der Waals surface area contributed by atoms with Gasteiger partial charge in [0, 0.05) is 42.8 Å². The van der Waals surface area contributed by atoms with Crippen LogP contribution in [0.3, 0.4) is 0 Å². The van der Waals surface area contributed by atoms with Crippen molar-refractivity contribution in [2.24, 2.45) is 0 Å². The molecule has 136 valence electrons. The molecule has 1 aliphatic rings. The summed E-state index contributed by atoms with van der Waals surface area (Å²) in [4.78, 5) is 27.6. The summed E-state index contributed by atoms with van der Waals surface area (Å²) in [5.41, 5.74) is 4.83. The van der Waals surface area contributed by atoms with Crippen molar-refractivity contribution in [3.8, 4) is 11.1 Å². The molecule has 2 aromatic heterocycles. The van der Waals surface area contributed by atoms with Crippen LogP contribution in [-0.4, -0.2) is 38.8 Å². The topological polar surface area (TPSA) is 59.0 Å². The van der Waals surface area contributed by atoms with Gasteiger partial charge in [-0.3, -0.25) is 14.8 Å². The number of benzene rings is 1. The fourth-order valence-electron chi connectivity index (χ4n) is 3.68. The number of hydrogen-bond donors (Lipinski definition) is 0. The third kappa shape index (κ3) is 3.87. The second kappa shape index (κ2) is 7.66. The maximum atomic E-state index is 12.7. The van der Waals surface area contributed by atoms with E-state index in [1.165, 1.54) is 17.3 Å². The Morgan fingerprint density at radius 2 is 1.96 bits per heavy atom. The average Bonchev–Trinajstić information content (AvgIpc) is 2.74. The van der Waals surface area contributed by atoms with Crippen LogP contribution in [0.25, 0.3) is 11.1 Å². The van der Waals surface area contributed by atoms with Gasteiger partial charge in [-0.15, -0.1) is 0 Å². The van der Waals surface area contributed by atoms with Gasteiger partial charge in [-0.05, 0) is 43.0 Å². The Labute approximate surface area is 159 Å². The highest BCUT2D eigenvalue weighted by molar-refractivity contribution is 5.92. The lowest BCUT2D eigenvalue weighted by Gasteiger charge is -2.32. The van der Waals surface area contributed by atoms with E-state index in [9.17, 15) is 4.79 Å². The summed E-state index contributed by atoms with van der Waals surface area (Å²) in [5, 5.41) is 0. The highest BCUT2D eigenvalue weighted by atomic mass is 16.2. The molecule has 5 heteroatoms. The second-order valence-electron chi connectivity index (χ2n) is 6.97. The first-order chi connectivity index (χ1) is 13.2. The van der Waals surface area contributed by atoms with Crippen LogP contribution < -0.4 is 0 Å². The molecule has 5 nitrogen and oxygen atoms in total. The minimum Gasteiger partial charge on any atom is -0.337 e. The van der Waals surface area contributed by atoms with Crippen LogP contribution in [-0.2, 0) is 0 Å². The predicted octanol–water partition coefficient (Wildman–Crippen LogP) is 3.87. The number of aryl methyl sites for hydroxylation is 1. The number of carbonyl (C=O) groups is 1. The van der Waals surface area contributed by atoms with E-state index in [0.717, 1.165) is 30.8 Å². The lowest BCUT2D eigenvalue weighted by atomic mass is 9.92. The Balaban J connectivity index is 1.58. The standard InChI is InChI=1S/C22H22N4O/c1-16-12-19(17-6-3-2-4-7-17)13-20(25-16)18-8-5-11-26(15-18)22(27)21-14-23-9-10-24-21/h2-4,6-7,9-10,12-14,18H,5,8,11,15H2,1H3/t18-/m0/s1. The van der Waals surface area contributed by atoms with E-state index in [4.69, 9.17) is 4.98 Å². The maximum Gasteiger partial charge on any atom is 0.274 e. The van der Waals surface area contributed by atoms with E-state index >= 15 is 0 Å². The molecule has 3 heterocycles. The maximum absolute atomic E-state index is 12.7. The Morgan fingerprint density at radius 3 is 2.74 bits per heavy atom. The number of aromatic nitrogens is 3. The quantitative estimate of drug-likeness (QED) is 0.713. The second-order valence-corrected chi connectivity index (χ2v) is 6.97. The van der Waals surface area contributed by atoms with E-state index in [1.807, 2.05) is 30.0 Å². The fraction of sp³-hybridized carbons (Fsp3) is 0.273. The van der Waals surface area contributed by atoms with Crippen LogP contribution in [0.15, 0.2) is 61.1 Å². The van der Waals surface area contributed by atoms with Gasteiger partial charge in [0.2, 0.25) is 0 Å². The van der Waals surface area contributed by atoms with Crippen LogP contribution in [0.4, 0.5) is 0 Å². The SMILES string of the molecule is Cc1cc(-c2ccccc2)cc([C@H]2CCCN(C(=O)c3cnccn3)C2)n1. The van der Waals surface area contributed by atoms with E-state index in [1.54, 1.807) is 12.4 Å². The number of pyridine rings is 1. The van der Waals surface area contributed by atoms with Gasteiger partial charge < -0.3 is 4.90 Å². The number of rotatable bonds is 3. The molecule has 1 fully saturated rings. The molecule has 1 aliphatic heterocycles. The highest BCUT2D eigenvalue weighted by Crippen LogP contribution is 2.30. The number of likely N-dealkylation sites (tertiary alicyclic amines) is 1. The van der Waals surface area contributed by atoms with Crippen LogP contribution in [0, 0.1) is 6.92 Å². The zero-order chi connectivity index (χ0) is 18.6. The van der Waals surface area contributed by atoms with Crippen molar-refractivity contribution >= 4 is 5.91 Å². The minimum atomic E-state index is -0.0521. The van der Waals surface area contributed by atoms with Crippen LogP contribution in [0.2, 0.25) is 0 Å². The van der Waals surface area contributed by atoms with Crippen LogP contribution in [0.1, 0.15) is 40.6 Å². The van der Waals surface area contributed by atoms with Gasteiger partial charge in [0.15, 0.2) is 0 Å². The Kier molecular flexibility index (Phi) is 4.92. The predicted molar refractivity (Wildman–Crippen MR) is 104 cm³/mol. The molecule has 1 amide bonds. The van der Waals surface area contributed by atoms with Gasteiger partial charge in [0.25, 0.3) is 5.91 Å². The van der Waals surface area contributed by atoms with Gasteiger partial charge in [0.05, 0.1) is 6.20 Å². The largest absolute Gasteiger partial charge is 0.337 e. The molecule has 3 aromatic rings. The molecular weight excluding hydrogens is 336 g/mol. The van der Waals surface area contributed by atoms with E-state index in [2.05, 4.69) is 34.2 Å². The van der Waals surface area contributed by atoms with Crippen molar-refractivity contribution in [1.82, 2.24) is 19.9 Å². The molecule has 0 aliphatic carbocycles. The molecule has 1 atom stereocenters. The van der Waals surface area contributed by atoms with Crippen molar-refractivity contribution in [2.45, 2.75) is 25.7 Å². The average molecular weight is 358 g/mol. The summed E-state index contributed by atoms with van der Waals surface area (Å²) < 4.78 is 0. The molecule has 0 N–H and O–H groups in total.